The summed E-state index contributed by atoms with van der Waals surface area (Å²) in [5, 5.41) is 2.84. The molecule has 0 saturated heterocycles. The Morgan fingerprint density at radius 2 is 1.79 bits per heavy atom. The van der Waals surface area contributed by atoms with Crippen LogP contribution in [0.1, 0.15) is 5.69 Å². The normalized spacial score (nSPS) is 12.5. The molecule has 2 aromatic rings. The Balaban J connectivity index is 2.79. The van der Waals surface area contributed by atoms with Gasteiger partial charge < -0.3 is 0 Å². The van der Waals surface area contributed by atoms with E-state index in [0.717, 1.165) is 7.05 Å². The average Bonchev–Trinajstić information content (AvgIpc) is 2.38. The zero-order chi connectivity index (χ0) is 18.4. The molecule has 1 aromatic carbocycles. The highest BCUT2D eigenvalue weighted by Gasteiger charge is 2.35. The summed E-state index contributed by atoms with van der Waals surface area (Å²) in [6.07, 6.45) is -4.84. The van der Waals surface area contributed by atoms with Crippen LogP contribution in [-0.4, -0.2) is 18.2 Å². The molecular weight excluding hydrogens is 399 g/mol. The molecule has 0 radical (unpaired) electrons. The molecule has 1 heterocycles. The molecule has 0 aliphatic rings. The highest BCUT2D eigenvalue weighted by Crippen LogP contribution is 2.32. The van der Waals surface area contributed by atoms with Crippen molar-refractivity contribution in [2.45, 2.75) is 11.1 Å². The lowest BCUT2D eigenvalue weighted by atomic mass is 10.1. The minimum atomic E-state index is -4.84. The zero-order valence-corrected chi connectivity index (χ0v) is 13.9. The maximum Gasteiger partial charge on any atom is 0.433 e. The molecule has 0 fully saturated rings. The van der Waals surface area contributed by atoms with Crippen LogP contribution in [0.5, 0.6) is 0 Å². The van der Waals surface area contributed by atoms with Crippen molar-refractivity contribution in [3.8, 4) is 11.3 Å². The van der Waals surface area contributed by atoms with Crippen molar-refractivity contribution < 1.29 is 26.0 Å². The van der Waals surface area contributed by atoms with Gasteiger partial charge in [-0.1, -0.05) is 11.6 Å². The van der Waals surface area contributed by atoms with E-state index in [9.17, 15) is 30.8 Å². The van der Waals surface area contributed by atoms with Crippen LogP contribution in [0.15, 0.2) is 27.9 Å². The number of alkyl halides is 3. The highest BCUT2D eigenvalue weighted by molar-refractivity contribution is 8.13. The van der Waals surface area contributed by atoms with E-state index in [1.807, 2.05) is 0 Å². The van der Waals surface area contributed by atoms with Crippen molar-refractivity contribution in [3.05, 3.63) is 45.0 Å². The Morgan fingerprint density at radius 3 is 2.29 bits per heavy atom. The Hall–Kier alpha value is -1.65. The summed E-state index contributed by atoms with van der Waals surface area (Å²) >= 11 is 5.57. The van der Waals surface area contributed by atoms with Crippen LogP contribution in [0, 0.1) is 5.82 Å². The lowest BCUT2D eigenvalue weighted by Crippen LogP contribution is -2.23. The van der Waals surface area contributed by atoms with Crippen molar-refractivity contribution in [3.63, 3.8) is 0 Å². The molecule has 2 rings (SSSR count). The van der Waals surface area contributed by atoms with Gasteiger partial charge in [0.15, 0.2) is 0 Å². The van der Waals surface area contributed by atoms with Crippen LogP contribution in [0.3, 0.4) is 0 Å². The quantitative estimate of drug-likeness (QED) is 0.569. The largest absolute Gasteiger partial charge is 0.433 e. The van der Waals surface area contributed by atoms with Gasteiger partial charge in [0.1, 0.15) is 22.1 Å². The lowest BCUT2D eigenvalue weighted by molar-refractivity contribution is -0.144. The molecule has 1 aromatic heterocycles. The summed E-state index contributed by atoms with van der Waals surface area (Å²) in [6.45, 7) is 0. The Morgan fingerprint density at radius 1 is 1.21 bits per heavy atom. The molecule has 12 heteroatoms. The molecule has 0 saturated carbocycles. The van der Waals surface area contributed by atoms with E-state index in [-0.39, 0.29) is 6.07 Å². The predicted molar refractivity (Wildman–Crippen MR) is 77.9 cm³/mol. The molecule has 24 heavy (non-hydrogen) atoms. The fraction of sp³-hybridized carbons (Fsp3) is 0.167. The third-order valence-electron chi connectivity index (χ3n) is 2.93. The first kappa shape index (κ1) is 18.7. The van der Waals surface area contributed by atoms with Crippen molar-refractivity contribution in [1.29, 1.82) is 0 Å². The SMILES string of the molecule is Cn1nc(-c2cc(S(=O)(=O)Cl)c(Cl)cc2F)c(=O)cc1C(F)(F)F. The number of aryl methyl sites for hydroxylation is 1. The highest BCUT2D eigenvalue weighted by atomic mass is 35.7. The molecular formula is C12H6Cl2F4N2O3S. The maximum absolute atomic E-state index is 14.0. The molecule has 0 amide bonds. The summed E-state index contributed by atoms with van der Waals surface area (Å²) < 4.78 is 75.3. The summed E-state index contributed by atoms with van der Waals surface area (Å²) in [6, 6.07) is 1.44. The number of aromatic nitrogens is 2. The first-order valence-electron chi connectivity index (χ1n) is 5.92. The van der Waals surface area contributed by atoms with Crippen molar-refractivity contribution in [2.75, 3.05) is 0 Å². The second kappa shape index (κ2) is 6.01. The molecule has 130 valence electrons. The fourth-order valence-corrected chi connectivity index (χ4v) is 3.40. The number of hydrogen-bond acceptors (Lipinski definition) is 4. The lowest BCUT2D eigenvalue weighted by Gasteiger charge is -2.13. The van der Waals surface area contributed by atoms with E-state index in [2.05, 4.69) is 5.10 Å². The Labute approximate surface area is 141 Å². The van der Waals surface area contributed by atoms with Gasteiger partial charge in [0.2, 0.25) is 5.43 Å². The summed E-state index contributed by atoms with van der Waals surface area (Å²) in [5.41, 5.74) is -3.97. The first-order valence-corrected chi connectivity index (χ1v) is 8.60. The van der Waals surface area contributed by atoms with Crippen LogP contribution >= 0.6 is 22.3 Å². The van der Waals surface area contributed by atoms with Gasteiger partial charge in [0.25, 0.3) is 9.05 Å². The number of benzene rings is 1. The van der Waals surface area contributed by atoms with Crippen LogP contribution < -0.4 is 5.43 Å². The van der Waals surface area contributed by atoms with Gasteiger partial charge >= 0.3 is 6.18 Å². The van der Waals surface area contributed by atoms with Gasteiger partial charge in [-0.3, -0.25) is 9.48 Å². The third-order valence-corrected chi connectivity index (χ3v) is 4.72. The first-order chi connectivity index (χ1) is 10.8. The molecule has 5 nitrogen and oxygen atoms in total. The smallest absolute Gasteiger partial charge is 0.287 e. The average molecular weight is 405 g/mol. The number of hydrogen-bond donors (Lipinski definition) is 0. The maximum atomic E-state index is 14.0. The molecule has 0 bridgehead atoms. The molecule has 0 N–H and O–H groups in total. The monoisotopic (exact) mass is 404 g/mol. The van der Waals surface area contributed by atoms with E-state index < -0.39 is 53.3 Å². The topological polar surface area (TPSA) is 69.0 Å². The van der Waals surface area contributed by atoms with Gasteiger partial charge in [0, 0.05) is 29.4 Å². The molecule has 0 unspecified atom stereocenters. The number of nitrogens with zero attached hydrogens (tertiary/aromatic N) is 2. The summed E-state index contributed by atoms with van der Waals surface area (Å²) in [4.78, 5) is 11.2. The molecule has 0 aliphatic heterocycles. The standard InChI is InChI=1S/C12H6Cl2F4N2O3S/c1-20-10(12(16,17)18)4-8(21)11(19-20)5-2-9(24(14,22)23)6(13)3-7(5)15/h2-4H,1H3. The number of halogens is 6. The van der Waals surface area contributed by atoms with Crippen LogP contribution in [0.2, 0.25) is 5.02 Å². The van der Waals surface area contributed by atoms with Crippen molar-refractivity contribution in [1.82, 2.24) is 9.78 Å². The minimum absolute atomic E-state index is 0.227. The van der Waals surface area contributed by atoms with E-state index in [1.165, 1.54) is 0 Å². The molecule has 0 spiro atoms. The fourth-order valence-electron chi connectivity index (χ4n) is 1.89. The van der Waals surface area contributed by atoms with Gasteiger partial charge in [-0.25, -0.2) is 12.8 Å². The zero-order valence-electron chi connectivity index (χ0n) is 11.5. The van der Waals surface area contributed by atoms with E-state index in [1.54, 1.807) is 0 Å². The summed E-state index contributed by atoms with van der Waals surface area (Å²) in [5.74, 6) is -1.14. The second-order valence-corrected chi connectivity index (χ2v) is 7.51. The van der Waals surface area contributed by atoms with Crippen molar-refractivity contribution in [2.24, 2.45) is 7.05 Å². The van der Waals surface area contributed by atoms with Crippen LogP contribution in [0.4, 0.5) is 17.6 Å². The van der Waals surface area contributed by atoms with Gasteiger partial charge in [-0.15, -0.1) is 0 Å². The van der Waals surface area contributed by atoms with E-state index in [0.29, 0.717) is 16.8 Å². The van der Waals surface area contributed by atoms with E-state index >= 15 is 0 Å². The van der Waals surface area contributed by atoms with Crippen molar-refractivity contribution >= 4 is 31.3 Å². The Bertz CT molecular complexity index is 987. The predicted octanol–water partition coefficient (Wildman–Crippen LogP) is 3.19. The summed E-state index contributed by atoms with van der Waals surface area (Å²) in [7, 11) is 1.67. The van der Waals surface area contributed by atoms with Gasteiger partial charge in [-0.05, 0) is 12.1 Å². The Kier molecular flexibility index (Phi) is 4.68. The van der Waals surface area contributed by atoms with Crippen LogP contribution in [0.25, 0.3) is 11.3 Å². The molecule has 0 aliphatic carbocycles. The number of rotatable bonds is 2. The van der Waals surface area contributed by atoms with Gasteiger partial charge in [0.05, 0.1) is 5.02 Å². The molecule has 0 atom stereocenters. The third kappa shape index (κ3) is 3.55. The van der Waals surface area contributed by atoms with Gasteiger partial charge in [-0.2, -0.15) is 18.3 Å². The minimum Gasteiger partial charge on any atom is -0.287 e. The second-order valence-electron chi connectivity index (χ2n) is 4.56. The van der Waals surface area contributed by atoms with Crippen LogP contribution in [-0.2, 0) is 22.3 Å². The van der Waals surface area contributed by atoms with E-state index in [4.69, 9.17) is 22.3 Å².